The lowest BCUT2D eigenvalue weighted by molar-refractivity contribution is 0.562. The minimum absolute atomic E-state index is 0.0471. The topological polar surface area (TPSA) is 0 Å². The number of benzene rings is 2. The van der Waals surface area contributed by atoms with E-state index in [9.17, 15) is 0 Å². The van der Waals surface area contributed by atoms with Gasteiger partial charge in [-0.1, -0.05) is 83.1 Å². The molecule has 0 bridgehead atoms. The summed E-state index contributed by atoms with van der Waals surface area (Å²) >= 11 is 0. The number of halogens is 2. The van der Waals surface area contributed by atoms with Crippen molar-refractivity contribution in [2.45, 2.75) is 97.3 Å². The van der Waals surface area contributed by atoms with Gasteiger partial charge in [0, 0.05) is 0 Å². The number of rotatable bonds is 11. The van der Waals surface area contributed by atoms with Gasteiger partial charge in [0.2, 0.25) is 0 Å². The van der Waals surface area contributed by atoms with Crippen LogP contribution >= 0.6 is 0 Å². The first kappa shape index (κ1) is 22.0. The highest BCUT2D eigenvalue weighted by molar-refractivity contribution is 5.74. The second-order valence-corrected chi connectivity index (χ2v) is 8.60. The molecule has 0 unspecified atom stereocenters. The molecule has 0 N–H and O–H groups in total. The van der Waals surface area contributed by atoms with Crippen molar-refractivity contribution in [2.24, 2.45) is 0 Å². The van der Waals surface area contributed by atoms with E-state index in [1.54, 1.807) is 0 Å². The normalized spacial score (nSPS) is 12.7. The summed E-state index contributed by atoms with van der Waals surface area (Å²) in [6.45, 7) is 4.38. The Morgan fingerprint density at radius 3 is 1.52 bits per heavy atom. The van der Waals surface area contributed by atoms with Crippen LogP contribution in [0.15, 0.2) is 24.3 Å². The van der Waals surface area contributed by atoms with Crippen LogP contribution in [0.4, 0.5) is 8.78 Å². The van der Waals surface area contributed by atoms with Gasteiger partial charge in [-0.3, -0.25) is 0 Å². The lowest BCUT2D eigenvalue weighted by Crippen LogP contribution is -2.11. The average molecular weight is 399 g/mol. The molecule has 0 spiro atoms. The molecule has 2 aromatic rings. The zero-order valence-electron chi connectivity index (χ0n) is 18.3. The summed E-state index contributed by atoms with van der Waals surface area (Å²) in [5, 5.41) is 0. The van der Waals surface area contributed by atoms with Crippen LogP contribution in [0.2, 0.25) is 0 Å². The molecule has 0 aromatic heterocycles. The summed E-state index contributed by atoms with van der Waals surface area (Å²) in [6.07, 6.45) is 13.4. The number of unbranched alkanes of at least 4 members (excludes halogenated alkanes) is 7. The Morgan fingerprint density at radius 2 is 1.00 bits per heavy atom. The van der Waals surface area contributed by atoms with Crippen LogP contribution in [-0.4, -0.2) is 0 Å². The van der Waals surface area contributed by atoms with E-state index in [1.165, 1.54) is 32.1 Å². The smallest absolute Gasteiger partial charge is 0.130 e. The van der Waals surface area contributed by atoms with E-state index in [2.05, 4.69) is 13.8 Å². The predicted molar refractivity (Wildman–Crippen MR) is 120 cm³/mol. The third kappa shape index (κ3) is 5.27. The summed E-state index contributed by atoms with van der Waals surface area (Å²) in [7, 11) is 0. The molecule has 0 amide bonds. The van der Waals surface area contributed by atoms with E-state index in [4.69, 9.17) is 0 Å². The first-order chi connectivity index (χ1) is 14.2. The number of fused-ring (bicyclic) bond motifs is 3. The highest BCUT2D eigenvalue weighted by Crippen LogP contribution is 2.38. The molecule has 1 aliphatic rings. The zero-order chi connectivity index (χ0) is 20.6. The maximum atomic E-state index is 15.2. The molecule has 0 heterocycles. The lowest BCUT2D eigenvalue weighted by Gasteiger charge is -2.23. The van der Waals surface area contributed by atoms with Crippen molar-refractivity contribution >= 4 is 0 Å². The molecule has 2 aromatic carbocycles. The van der Waals surface area contributed by atoms with E-state index >= 15 is 8.78 Å². The number of hydrogen-bond donors (Lipinski definition) is 0. The van der Waals surface area contributed by atoms with E-state index in [0.717, 1.165) is 71.9 Å². The molecule has 3 rings (SSSR count). The number of aryl methyl sites for hydroxylation is 2. The molecule has 158 valence electrons. The summed E-state index contributed by atoms with van der Waals surface area (Å²) in [5.41, 5.74) is 5.02. The lowest BCUT2D eigenvalue weighted by atomic mass is 9.82. The molecule has 0 radical (unpaired) electrons. The molecule has 0 saturated carbocycles. The molecular weight excluding hydrogens is 362 g/mol. The van der Waals surface area contributed by atoms with E-state index in [1.807, 2.05) is 24.3 Å². The van der Waals surface area contributed by atoms with Crippen LogP contribution < -0.4 is 0 Å². The summed E-state index contributed by atoms with van der Waals surface area (Å²) in [5.74, 6) is -0.102. The Labute approximate surface area is 175 Å². The van der Waals surface area contributed by atoms with Gasteiger partial charge in [0.1, 0.15) is 11.6 Å². The Balaban J connectivity index is 1.73. The van der Waals surface area contributed by atoms with Crippen LogP contribution in [0.3, 0.4) is 0 Å². The van der Waals surface area contributed by atoms with Gasteiger partial charge in [-0.25, -0.2) is 8.78 Å². The van der Waals surface area contributed by atoms with E-state index in [-0.39, 0.29) is 11.6 Å². The van der Waals surface area contributed by atoms with Gasteiger partial charge < -0.3 is 0 Å². The molecule has 0 saturated heterocycles. The molecule has 0 atom stereocenters. The zero-order valence-corrected chi connectivity index (χ0v) is 18.3. The maximum Gasteiger partial charge on any atom is 0.130 e. The molecule has 29 heavy (non-hydrogen) atoms. The van der Waals surface area contributed by atoms with Crippen LogP contribution in [-0.2, 0) is 25.7 Å². The fourth-order valence-electron chi connectivity index (χ4n) is 4.63. The highest BCUT2D eigenvalue weighted by Gasteiger charge is 2.24. The summed E-state index contributed by atoms with van der Waals surface area (Å²) in [4.78, 5) is 0. The third-order valence-corrected chi connectivity index (χ3v) is 6.41. The van der Waals surface area contributed by atoms with Gasteiger partial charge >= 0.3 is 0 Å². The predicted octanol–water partition coefficient (Wildman–Crippen LogP) is 8.37. The van der Waals surface area contributed by atoms with Gasteiger partial charge in [0.25, 0.3) is 0 Å². The maximum absolute atomic E-state index is 15.2. The minimum atomic E-state index is -0.0548. The van der Waals surface area contributed by atoms with Gasteiger partial charge in [-0.2, -0.15) is 0 Å². The van der Waals surface area contributed by atoms with E-state index < -0.39 is 0 Å². The fraction of sp³-hybridized carbons (Fsp3) is 0.556. The molecular formula is C27H36F2. The molecule has 0 aliphatic heterocycles. The van der Waals surface area contributed by atoms with Crippen molar-refractivity contribution in [3.8, 4) is 11.1 Å². The fourth-order valence-corrected chi connectivity index (χ4v) is 4.63. The largest absolute Gasteiger partial charge is 0.206 e. The second-order valence-electron chi connectivity index (χ2n) is 8.60. The Kier molecular flexibility index (Phi) is 8.27. The molecule has 0 fully saturated rings. The Morgan fingerprint density at radius 1 is 0.586 bits per heavy atom. The van der Waals surface area contributed by atoms with E-state index in [0.29, 0.717) is 12.8 Å². The third-order valence-electron chi connectivity index (χ3n) is 6.41. The van der Waals surface area contributed by atoms with Gasteiger partial charge in [0.15, 0.2) is 0 Å². The van der Waals surface area contributed by atoms with Gasteiger partial charge in [0.05, 0.1) is 0 Å². The van der Waals surface area contributed by atoms with Crippen molar-refractivity contribution in [2.75, 3.05) is 0 Å². The van der Waals surface area contributed by atoms with Gasteiger partial charge in [-0.05, 0) is 71.9 Å². The average Bonchev–Trinajstić information content (AvgIpc) is 2.73. The number of hydrogen-bond acceptors (Lipinski definition) is 0. The summed E-state index contributed by atoms with van der Waals surface area (Å²) in [6, 6.07) is 7.90. The van der Waals surface area contributed by atoms with Crippen molar-refractivity contribution in [1.82, 2.24) is 0 Å². The van der Waals surface area contributed by atoms with Crippen molar-refractivity contribution in [3.63, 3.8) is 0 Å². The van der Waals surface area contributed by atoms with Gasteiger partial charge in [-0.15, -0.1) is 0 Å². The standard InChI is InChI=1S/C27H36F2/c1-3-5-7-8-9-11-13-21-15-17-23-22-16-14-20(12-10-6-4-2)26(28)24(22)18-19-25(23)27(21)29/h14-17H,3-13,18-19H2,1-2H3. The van der Waals surface area contributed by atoms with Crippen molar-refractivity contribution < 1.29 is 8.78 Å². The SMILES string of the molecule is CCCCCCCCc1ccc2c(c1F)CCc1c-2ccc(CCCCC)c1F. The first-order valence-electron chi connectivity index (χ1n) is 11.8. The van der Waals surface area contributed by atoms with Crippen molar-refractivity contribution in [3.05, 3.63) is 58.2 Å². The van der Waals surface area contributed by atoms with Crippen molar-refractivity contribution in [1.29, 1.82) is 0 Å². The summed E-state index contributed by atoms with van der Waals surface area (Å²) < 4.78 is 30.2. The Hall–Kier alpha value is -1.70. The molecule has 0 nitrogen and oxygen atoms in total. The van der Waals surface area contributed by atoms with Crippen LogP contribution in [0, 0.1) is 11.6 Å². The molecule has 1 aliphatic carbocycles. The monoisotopic (exact) mass is 398 g/mol. The van der Waals surface area contributed by atoms with Crippen LogP contribution in [0.1, 0.15) is 93.9 Å². The molecule has 2 heteroatoms. The van der Waals surface area contributed by atoms with Crippen LogP contribution in [0.25, 0.3) is 11.1 Å². The minimum Gasteiger partial charge on any atom is -0.206 e. The first-order valence-corrected chi connectivity index (χ1v) is 11.8. The quantitative estimate of drug-likeness (QED) is 0.333. The Bertz CT molecular complexity index is 807. The second kappa shape index (κ2) is 10.9. The van der Waals surface area contributed by atoms with Crippen LogP contribution in [0.5, 0.6) is 0 Å². The highest BCUT2D eigenvalue weighted by atomic mass is 19.1.